The fourth-order valence-electron chi connectivity index (χ4n) is 2.52. The first-order chi connectivity index (χ1) is 12.6. The molecule has 6 heteroatoms. The minimum Gasteiger partial charge on any atom is -0.497 e. The van der Waals surface area contributed by atoms with Crippen LogP contribution in [0.5, 0.6) is 5.75 Å². The Morgan fingerprint density at radius 2 is 1.88 bits per heavy atom. The van der Waals surface area contributed by atoms with Crippen molar-refractivity contribution in [2.75, 3.05) is 12.4 Å². The number of aromatic nitrogens is 1. The van der Waals surface area contributed by atoms with Gasteiger partial charge in [-0.1, -0.05) is 18.2 Å². The molecule has 1 heterocycles. The van der Waals surface area contributed by atoms with Gasteiger partial charge in [0.2, 0.25) is 0 Å². The van der Waals surface area contributed by atoms with Gasteiger partial charge in [0, 0.05) is 18.0 Å². The third-order valence-corrected chi connectivity index (χ3v) is 3.86. The molecule has 3 rings (SSSR count). The van der Waals surface area contributed by atoms with Crippen molar-refractivity contribution in [3.05, 3.63) is 94.2 Å². The Balaban J connectivity index is 1.82. The third-order valence-electron chi connectivity index (χ3n) is 3.86. The molecule has 1 aromatic heterocycles. The van der Waals surface area contributed by atoms with Crippen molar-refractivity contribution in [3.8, 4) is 5.75 Å². The van der Waals surface area contributed by atoms with Gasteiger partial charge in [-0.05, 0) is 42.0 Å². The molecule has 0 radical (unpaired) electrons. The summed E-state index contributed by atoms with van der Waals surface area (Å²) in [7, 11) is 1.53. The molecule has 1 amide bonds. The largest absolute Gasteiger partial charge is 0.497 e. The summed E-state index contributed by atoms with van der Waals surface area (Å²) in [5.41, 5.74) is 0.899. The number of hydrogen-bond acceptors (Lipinski definition) is 3. The van der Waals surface area contributed by atoms with Crippen LogP contribution >= 0.6 is 0 Å². The number of carbonyl (C=O) groups is 1. The quantitative estimate of drug-likeness (QED) is 0.766. The van der Waals surface area contributed by atoms with Gasteiger partial charge >= 0.3 is 0 Å². The van der Waals surface area contributed by atoms with E-state index in [4.69, 9.17) is 4.74 Å². The predicted octanol–water partition coefficient (Wildman–Crippen LogP) is 3.30. The van der Waals surface area contributed by atoms with Crippen molar-refractivity contribution >= 4 is 11.6 Å². The van der Waals surface area contributed by atoms with Gasteiger partial charge in [-0.25, -0.2) is 4.39 Å². The third kappa shape index (κ3) is 3.97. The van der Waals surface area contributed by atoms with E-state index in [0.29, 0.717) is 11.4 Å². The van der Waals surface area contributed by atoms with Crippen LogP contribution in [-0.4, -0.2) is 17.6 Å². The summed E-state index contributed by atoms with van der Waals surface area (Å²) in [6, 6.07) is 15.8. The highest BCUT2D eigenvalue weighted by atomic mass is 19.1. The highest BCUT2D eigenvalue weighted by Crippen LogP contribution is 2.17. The van der Waals surface area contributed by atoms with Crippen LogP contribution in [0.15, 0.2) is 71.7 Å². The number of carbonyl (C=O) groups excluding carboxylic acids is 1. The number of halogens is 1. The standard InChI is InChI=1S/C20H17FN2O3/c1-26-17-5-2-4-16(12-17)22-19(24)18-6-3-11-23(20(18)25)13-14-7-9-15(21)10-8-14/h2-12H,13H2,1H3,(H,22,24). The maximum absolute atomic E-state index is 13.0. The van der Waals surface area contributed by atoms with Gasteiger partial charge in [0.25, 0.3) is 11.5 Å². The number of pyridine rings is 1. The van der Waals surface area contributed by atoms with Gasteiger partial charge < -0.3 is 14.6 Å². The Hall–Kier alpha value is -3.41. The molecule has 5 nitrogen and oxygen atoms in total. The average molecular weight is 352 g/mol. The Labute approximate surface area is 149 Å². The lowest BCUT2D eigenvalue weighted by atomic mass is 10.2. The van der Waals surface area contributed by atoms with Crippen LogP contribution in [0.1, 0.15) is 15.9 Å². The molecule has 0 saturated heterocycles. The zero-order chi connectivity index (χ0) is 18.5. The van der Waals surface area contributed by atoms with Crippen LogP contribution in [0.2, 0.25) is 0 Å². The number of methoxy groups -OCH3 is 1. The molecule has 0 unspecified atom stereocenters. The molecule has 0 fully saturated rings. The van der Waals surface area contributed by atoms with E-state index in [-0.39, 0.29) is 17.9 Å². The molecule has 0 aliphatic heterocycles. The molecular formula is C20H17FN2O3. The molecule has 1 N–H and O–H groups in total. The Morgan fingerprint density at radius 1 is 1.12 bits per heavy atom. The Kier molecular flexibility index (Phi) is 5.12. The topological polar surface area (TPSA) is 60.3 Å². The Bertz CT molecular complexity index is 981. The van der Waals surface area contributed by atoms with Crippen molar-refractivity contribution in [1.82, 2.24) is 4.57 Å². The number of rotatable bonds is 5. The van der Waals surface area contributed by atoms with Crippen LogP contribution < -0.4 is 15.6 Å². The van der Waals surface area contributed by atoms with Crippen LogP contribution in [-0.2, 0) is 6.54 Å². The SMILES string of the molecule is COc1cccc(NC(=O)c2cccn(Cc3ccc(F)cc3)c2=O)c1. The van der Waals surface area contributed by atoms with Crippen molar-refractivity contribution in [2.24, 2.45) is 0 Å². The lowest BCUT2D eigenvalue weighted by Crippen LogP contribution is -2.29. The van der Waals surface area contributed by atoms with Crippen molar-refractivity contribution in [3.63, 3.8) is 0 Å². The number of ether oxygens (including phenoxy) is 1. The minimum atomic E-state index is -0.503. The lowest BCUT2D eigenvalue weighted by Gasteiger charge is -2.10. The van der Waals surface area contributed by atoms with Crippen LogP contribution in [0.4, 0.5) is 10.1 Å². The van der Waals surface area contributed by atoms with Crippen molar-refractivity contribution in [1.29, 1.82) is 0 Å². The van der Waals surface area contributed by atoms with Crippen LogP contribution in [0.3, 0.4) is 0 Å². The number of anilines is 1. The first-order valence-electron chi connectivity index (χ1n) is 7.96. The highest BCUT2D eigenvalue weighted by molar-refractivity contribution is 6.04. The maximum Gasteiger partial charge on any atom is 0.263 e. The van der Waals surface area contributed by atoms with E-state index in [1.165, 1.54) is 29.9 Å². The summed E-state index contributed by atoms with van der Waals surface area (Å²) < 4.78 is 19.5. The summed E-state index contributed by atoms with van der Waals surface area (Å²) in [6.07, 6.45) is 1.59. The highest BCUT2D eigenvalue weighted by Gasteiger charge is 2.13. The second kappa shape index (κ2) is 7.65. The molecule has 0 aliphatic carbocycles. The number of benzene rings is 2. The average Bonchev–Trinajstić information content (AvgIpc) is 2.65. The van der Waals surface area contributed by atoms with Gasteiger partial charge in [0.15, 0.2) is 0 Å². The first-order valence-corrected chi connectivity index (χ1v) is 7.96. The van der Waals surface area contributed by atoms with Crippen molar-refractivity contribution < 1.29 is 13.9 Å². The molecule has 0 bridgehead atoms. The van der Waals surface area contributed by atoms with Gasteiger partial charge in [-0.3, -0.25) is 9.59 Å². The summed E-state index contributed by atoms with van der Waals surface area (Å²) in [5, 5.41) is 2.69. The van der Waals surface area contributed by atoms with Crippen molar-refractivity contribution in [2.45, 2.75) is 6.54 Å². The zero-order valence-electron chi connectivity index (χ0n) is 14.1. The maximum atomic E-state index is 13.0. The fraction of sp³-hybridized carbons (Fsp3) is 0.100. The predicted molar refractivity (Wildman–Crippen MR) is 97.2 cm³/mol. The summed E-state index contributed by atoms with van der Waals surface area (Å²) >= 11 is 0. The van der Waals surface area contributed by atoms with E-state index in [0.717, 1.165) is 5.56 Å². The molecule has 3 aromatic rings. The van der Waals surface area contributed by atoms with Gasteiger partial charge in [-0.15, -0.1) is 0 Å². The van der Waals surface area contributed by atoms with E-state index in [1.54, 1.807) is 48.7 Å². The van der Waals surface area contributed by atoms with Gasteiger partial charge in [-0.2, -0.15) is 0 Å². The summed E-state index contributed by atoms with van der Waals surface area (Å²) in [6.45, 7) is 0.249. The molecule has 0 atom stereocenters. The molecule has 2 aromatic carbocycles. The molecule has 132 valence electrons. The van der Waals surface area contributed by atoms with Crippen LogP contribution in [0.25, 0.3) is 0 Å². The van der Waals surface area contributed by atoms with Gasteiger partial charge in [0.05, 0.1) is 13.7 Å². The van der Waals surface area contributed by atoms with E-state index < -0.39 is 11.5 Å². The summed E-state index contributed by atoms with van der Waals surface area (Å²) in [5.74, 6) is -0.242. The zero-order valence-corrected chi connectivity index (χ0v) is 14.1. The number of nitrogens with zero attached hydrogens (tertiary/aromatic N) is 1. The normalized spacial score (nSPS) is 10.4. The lowest BCUT2D eigenvalue weighted by molar-refractivity contribution is 0.102. The van der Waals surface area contributed by atoms with Gasteiger partial charge in [0.1, 0.15) is 17.1 Å². The van der Waals surface area contributed by atoms with E-state index in [2.05, 4.69) is 5.32 Å². The second-order valence-electron chi connectivity index (χ2n) is 5.67. The first kappa shape index (κ1) is 17.4. The van der Waals surface area contributed by atoms with E-state index >= 15 is 0 Å². The summed E-state index contributed by atoms with van der Waals surface area (Å²) in [4.78, 5) is 25.1. The van der Waals surface area contributed by atoms with Crippen LogP contribution in [0, 0.1) is 5.82 Å². The molecule has 0 spiro atoms. The molecular weight excluding hydrogens is 335 g/mol. The Morgan fingerprint density at radius 3 is 2.62 bits per heavy atom. The minimum absolute atomic E-state index is 0.0254. The fourth-order valence-corrected chi connectivity index (χ4v) is 2.52. The molecule has 26 heavy (non-hydrogen) atoms. The monoisotopic (exact) mass is 352 g/mol. The molecule has 0 saturated carbocycles. The molecule has 0 aliphatic rings. The number of amides is 1. The second-order valence-corrected chi connectivity index (χ2v) is 5.67. The van der Waals surface area contributed by atoms with E-state index in [1.807, 2.05) is 0 Å². The number of nitrogens with one attached hydrogen (secondary N) is 1. The smallest absolute Gasteiger partial charge is 0.263 e. The van der Waals surface area contributed by atoms with E-state index in [9.17, 15) is 14.0 Å². The number of hydrogen-bond donors (Lipinski definition) is 1.